The lowest BCUT2D eigenvalue weighted by Crippen LogP contribution is -2.06. The number of phenols is 1. The minimum atomic E-state index is -0.504. The standard InChI is InChI=1S/C20H16F2OS/c1-13-11-19(12-14(2)20(13)23)24(17-7-3-15(21)4-8-17)18-9-5-16(22)6-10-18/h3-12H,1-2H3/p+1. The van der Waals surface area contributed by atoms with Crippen molar-refractivity contribution in [3.8, 4) is 5.75 Å². The molecule has 3 rings (SSSR count). The molecule has 0 heterocycles. The second-order valence-corrected chi connectivity index (χ2v) is 7.65. The van der Waals surface area contributed by atoms with Crippen molar-refractivity contribution in [3.63, 3.8) is 0 Å². The molecule has 122 valence electrons. The molecule has 0 amide bonds. The summed E-state index contributed by atoms with van der Waals surface area (Å²) in [6, 6.07) is 16.6. The fourth-order valence-electron chi connectivity index (χ4n) is 2.58. The summed E-state index contributed by atoms with van der Waals surface area (Å²) >= 11 is 0. The zero-order valence-corrected chi connectivity index (χ0v) is 14.2. The van der Waals surface area contributed by atoms with E-state index in [2.05, 4.69) is 0 Å². The van der Waals surface area contributed by atoms with E-state index in [1.165, 1.54) is 24.3 Å². The Hall–Kier alpha value is -2.33. The topological polar surface area (TPSA) is 20.2 Å². The molecule has 0 spiro atoms. The number of hydrogen-bond donors (Lipinski definition) is 1. The molecule has 4 heteroatoms. The summed E-state index contributed by atoms with van der Waals surface area (Å²) in [5.74, 6) is -0.306. The predicted molar refractivity (Wildman–Crippen MR) is 92.5 cm³/mol. The normalized spacial score (nSPS) is 11.0. The molecule has 0 saturated heterocycles. The van der Waals surface area contributed by atoms with Crippen LogP contribution in [0.5, 0.6) is 5.75 Å². The van der Waals surface area contributed by atoms with Gasteiger partial charge in [0.05, 0.1) is 10.9 Å². The third-order valence-electron chi connectivity index (χ3n) is 3.80. The Kier molecular flexibility index (Phi) is 4.58. The first-order valence-corrected chi connectivity index (χ1v) is 8.74. The molecule has 0 atom stereocenters. The van der Waals surface area contributed by atoms with Gasteiger partial charge in [0.15, 0.2) is 14.7 Å². The summed E-state index contributed by atoms with van der Waals surface area (Å²) in [5.41, 5.74) is 1.57. The minimum Gasteiger partial charge on any atom is -0.507 e. The predicted octanol–water partition coefficient (Wildman–Crippen LogP) is 5.38. The summed E-state index contributed by atoms with van der Waals surface area (Å²) in [4.78, 5) is 2.88. The lowest BCUT2D eigenvalue weighted by Gasteiger charge is -2.11. The molecular weight excluding hydrogens is 326 g/mol. The largest absolute Gasteiger partial charge is 0.507 e. The van der Waals surface area contributed by atoms with E-state index in [-0.39, 0.29) is 17.4 Å². The molecule has 0 aliphatic rings. The quantitative estimate of drug-likeness (QED) is 0.633. The van der Waals surface area contributed by atoms with E-state index in [9.17, 15) is 13.9 Å². The van der Waals surface area contributed by atoms with Crippen molar-refractivity contribution in [2.45, 2.75) is 28.5 Å². The number of hydrogen-bond acceptors (Lipinski definition) is 1. The molecule has 24 heavy (non-hydrogen) atoms. The van der Waals surface area contributed by atoms with E-state index in [4.69, 9.17) is 0 Å². The van der Waals surface area contributed by atoms with E-state index in [1.807, 2.05) is 26.0 Å². The van der Waals surface area contributed by atoms with Crippen molar-refractivity contribution in [2.75, 3.05) is 0 Å². The van der Waals surface area contributed by atoms with Crippen LogP contribution in [0, 0.1) is 25.5 Å². The maximum atomic E-state index is 13.3. The van der Waals surface area contributed by atoms with Crippen molar-refractivity contribution < 1.29 is 13.9 Å². The maximum absolute atomic E-state index is 13.3. The number of benzene rings is 3. The summed E-state index contributed by atoms with van der Waals surface area (Å²) in [7, 11) is -0.504. The number of aromatic hydroxyl groups is 1. The highest BCUT2D eigenvalue weighted by molar-refractivity contribution is 7.97. The third-order valence-corrected chi connectivity index (χ3v) is 5.99. The highest BCUT2D eigenvalue weighted by atomic mass is 32.2. The second kappa shape index (κ2) is 6.65. The van der Waals surface area contributed by atoms with E-state index < -0.39 is 10.9 Å². The van der Waals surface area contributed by atoms with Crippen LogP contribution < -0.4 is 0 Å². The molecule has 0 radical (unpaired) electrons. The van der Waals surface area contributed by atoms with Crippen LogP contribution in [-0.2, 0) is 10.9 Å². The zero-order chi connectivity index (χ0) is 17.3. The first-order valence-electron chi connectivity index (χ1n) is 7.51. The van der Waals surface area contributed by atoms with Crippen molar-refractivity contribution in [1.82, 2.24) is 0 Å². The molecule has 0 unspecified atom stereocenters. The van der Waals surface area contributed by atoms with Gasteiger partial charge in [0.2, 0.25) is 0 Å². The van der Waals surface area contributed by atoms with Gasteiger partial charge in [-0.2, -0.15) is 0 Å². The van der Waals surface area contributed by atoms with Gasteiger partial charge in [0.1, 0.15) is 17.4 Å². The number of aryl methyl sites for hydroxylation is 2. The van der Waals surface area contributed by atoms with Crippen LogP contribution in [0.1, 0.15) is 11.1 Å². The average Bonchev–Trinajstić information content (AvgIpc) is 2.56. The van der Waals surface area contributed by atoms with Crippen molar-refractivity contribution in [3.05, 3.63) is 83.4 Å². The Morgan fingerprint density at radius 2 is 1.04 bits per heavy atom. The fourth-order valence-corrected chi connectivity index (χ4v) is 4.81. The maximum Gasteiger partial charge on any atom is 0.167 e. The van der Waals surface area contributed by atoms with Gasteiger partial charge < -0.3 is 5.11 Å². The summed E-state index contributed by atoms with van der Waals surface area (Å²) in [6.45, 7) is 3.70. The molecule has 3 aromatic carbocycles. The Bertz CT molecular complexity index is 789. The molecular formula is C20H17F2OS+. The highest BCUT2D eigenvalue weighted by Gasteiger charge is 2.30. The smallest absolute Gasteiger partial charge is 0.167 e. The number of rotatable bonds is 3. The van der Waals surface area contributed by atoms with Crippen molar-refractivity contribution >= 4 is 10.9 Å². The van der Waals surface area contributed by atoms with Crippen molar-refractivity contribution in [2.24, 2.45) is 0 Å². The van der Waals surface area contributed by atoms with Gasteiger partial charge in [0, 0.05) is 12.1 Å². The summed E-state index contributed by atoms with van der Waals surface area (Å²) < 4.78 is 26.6. The van der Waals surface area contributed by atoms with Crippen LogP contribution in [0.4, 0.5) is 8.78 Å². The minimum absolute atomic E-state index is 0.278. The van der Waals surface area contributed by atoms with Crippen LogP contribution in [0.2, 0.25) is 0 Å². The molecule has 1 N–H and O–H groups in total. The first kappa shape index (κ1) is 16.5. The molecule has 0 aliphatic heterocycles. The lowest BCUT2D eigenvalue weighted by molar-refractivity contribution is 0.466. The molecule has 0 aromatic heterocycles. The van der Waals surface area contributed by atoms with Crippen molar-refractivity contribution in [1.29, 1.82) is 0 Å². The van der Waals surface area contributed by atoms with E-state index in [1.54, 1.807) is 24.3 Å². The number of phenolic OH excluding ortho intramolecular Hbond substituents is 1. The van der Waals surface area contributed by atoms with Gasteiger partial charge in [-0.15, -0.1) is 0 Å². The SMILES string of the molecule is Cc1cc([S+](c2ccc(F)cc2)c2ccc(F)cc2)cc(C)c1O. The first-order chi connectivity index (χ1) is 11.5. The monoisotopic (exact) mass is 343 g/mol. The average molecular weight is 343 g/mol. The van der Waals surface area contributed by atoms with Crippen LogP contribution in [0.15, 0.2) is 75.4 Å². The van der Waals surface area contributed by atoms with Gasteiger partial charge in [-0.1, -0.05) is 0 Å². The lowest BCUT2D eigenvalue weighted by atomic mass is 10.1. The van der Waals surface area contributed by atoms with Crippen LogP contribution >= 0.6 is 0 Å². The van der Waals surface area contributed by atoms with E-state index in [0.717, 1.165) is 25.8 Å². The highest BCUT2D eigenvalue weighted by Crippen LogP contribution is 2.35. The molecule has 0 aliphatic carbocycles. The van der Waals surface area contributed by atoms with E-state index >= 15 is 0 Å². The van der Waals surface area contributed by atoms with Gasteiger partial charge in [-0.3, -0.25) is 0 Å². The third kappa shape index (κ3) is 3.29. The van der Waals surface area contributed by atoms with Gasteiger partial charge in [0.25, 0.3) is 0 Å². The molecule has 0 bridgehead atoms. The van der Waals surface area contributed by atoms with Gasteiger partial charge in [-0.05, 0) is 73.5 Å². The van der Waals surface area contributed by atoms with Crippen LogP contribution in [0.3, 0.4) is 0 Å². The summed E-state index contributed by atoms with van der Waals surface area (Å²) in [5, 5.41) is 10.0. The van der Waals surface area contributed by atoms with Gasteiger partial charge in [-0.25, -0.2) is 8.78 Å². The van der Waals surface area contributed by atoms with Crippen LogP contribution in [0.25, 0.3) is 0 Å². The fraction of sp³-hybridized carbons (Fsp3) is 0.100. The summed E-state index contributed by atoms with van der Waals surface area (Å²) in [6.07, 6.45) is 0. The second-order valence-electron chi connectivity index (χ2n) is 5.62. The van der Waals surface area contributed by atoms with Gasteiger partial charge >= 0.3 is 0 Å². The molecule has 3 aromatic rings. The Morgan fingerprint density at radius 1 is 0.667 bits per heavy atom. The van der Waals surface area contributed by atoms with Crippen LogP contribution in [-0.4, -0.2) is 5.11 Å². The Morgan fingerprint density at radius 3 is 1.42 bits per heavy atom. The van der Waals surface area contributed by atoms with E-state index in [0.29, 0.717) is 0 Å². The Balaban J connectivity index is 2.18. The molecule has 0 saturated carbocycles. The molecule has 1 nitrogen and oxygen atoms in total. The molecule has 0 fully saturated rings. The zero-order valence-electron chi connectivity index (χ0n) is 13.4. The Labute approximate surface area is 142 Å². The number of halogens is 2.